The molecule has 114 valence electrons. The van der Waals surface area contributed by atoms with Gasteiger partial charge in [0.1, 0.15) is 0 Å². The zero-order valence-corrected chi connectivity index (χ0v) is 13.0. The number of rotatable bonds is 6. The monoisotopic (exact) mass is 314 g/mol. The summed E-state index contributed by atoms with van der Waals surface area (Å²) < 4.78 is 0. The molecule has 0 saturated heterocycles. The van der Waals surface area contributed by atoms with E-state index >= 15 is 0 Å². The Morgan fingerprint density at radius 3 is 2.55 bits per heavy atom. The summed E-state index contributed by atoms with van der Waals surface area (Å²) in [5.41, 5.74) is 1.44. The summed E-state index contributed by atoms with van der Waals surface area (Å²) in [6.07, 6.45) is 3.16. The van der Waals surface area contributed by atoms with Crippen LogP contribution in [0, 0.1) is 5.92 Å². The molecule has 0 bridgehead atoms. The van der Waals surface area contributed by atoms with Crippen LogP contribution in [-0.4, -0.2) is 11.8 Å². The van der Waals surface area contributed by atoms with E-state index in [1.165, 1.54) is 4.88 Å². The number of benzene rings is 1. The first-order chi connectivity index (χ1) is 10.7. The first-order valence-corrected chi connectivity index (χ1v) is 8.32. The van der Waals surface area contributed by atoms with E-state index in [2.05, 4.69) is 10.6 Å². The number of carbonyl (C=O) groups is 2. The molecule has 0 unspecified atom stereocenters. The maximum Gasteiger partial charge on any atom is 0.227 e. The zero-order valence-electron chi connectivity index (χ0n) is 12.2. The lowest BCUT2D eigenvalue weighted by molar-refractivity contribution is -0.117. The first kappa shape index (κ1) is 14.8. The van der Waals surface area contributed by atoms with E-state index in [-0.39, 0.29) is 17.7 Å². The van der Waals surface area contributed by atoms with Crippen molar-refractivity contribution in [1.29, 1.82) is 0 Å². The Labute approximate surface area is 133 Å². The number of aryl methyl sites for hydroxylation is 1. The summed E-state index contributed by atoms with van der Waals surface area (Å²) in [5, 5.41) is 7.77. The lowest BCUT2D eigenvalue weighted by atomic mass is 10.2. The van der Waals surface area contributed by atoms with Gasteiger partial charge in [0, 0.05) is 28.6 Å². The van der Waals surface area contributed by atoms with Crippen LogP contribution in [0.5, 0.6) is 0 Å². The van der Waals surface area contributed by atoms with Gasteiger partial charge in [0.15, 0.2) is 0 Å². The third-order valence-electron chi connectivity index (χ3n) is 3.54. The molecule has 0 aliphatic heterocycles. The molecule has 1 aliphatic rings. The predicted octanol–water partition coefficient (Wildman–Crippen LogP) is 3.67. The SMILES string of the molecule is O=C(CCc1cccs1)Nc1cccc(NC(=O)C2CC2)c1. The second-order valence-corrected chi connectivity index (χ2v) is 6.50. The summed E-state index contributed by atoms with van der Waals surface area (Å²) in [4.78, 5) is 24.9. The van der Waals surface area contributed by atoms with Crippen LogP contribution in [0.3, 0.4) is 0 Å². The van der Waals surface area contributed by atoms with Gasteiger partial charge in [-0.15, -0.1) is 11.3 Å². The standard InChI is InChI=1S/C17H18N2O2S/c20-16(9-8-15-5-2-10-22-15)18-13-3-1-4-14(11-13)19-17(21)12-6-7-12/h1-5,10-12H,6-9H2,(H,18,20)(H,19,21). The van der Waals surface area contributed by atoms with Crippen molar-refractivity contribution in [3.63, 3.8) is 0 Å². The van der Waals surface area contributed by atoms with Crippen LogP contribution in [0.25, 0.3) is 0 Å². The Hall–Kier alpha value is -2.14. The van der Waals surface area contributed by atoms with E-state index in [1.807, 2.05) is 35.7 Å². The Bertz CT molecular complexity index is 663. The number of amides is 2. The topological polar surface area (TPSA) is 58.2 Å². The van der Waals surface area contributed by atoms with Crippen LogP contribution in [0.1, 0.15) is 24.1 Å². The van der Waals surface area contributed by atoms with Crippen molar-refractivity contribution >= 4 is 34.5 Å². The molecule has 0 radical (unpaired) electrons. The summed E-state index contributed by atoms with van der Waals surface area (Å²) in [7, 11) is 0. The highest BCUT2D eigenvalue weighted by Crippen LogP contribution is 2.30. The van der Waals surface area contributed by atoms with Gasteiger partial charge in [0.05, 0.1) is 0 Å². The van der Waals surface area contributed by atoms with Crippen molar-refractivity contribution in [2.45, 2.75) is 25.7 Å². The highest BCUT2D eigenvalue weighted by atomic mass is 32.1. The molecule has 1 aromatic heterocycles. The Balaban J connectivity index is 1.52. The second-order valence-electron chi connectivity index (χ2n) is 5.47. The summed E-state index contributed by atoms with van der Waals surface area (Å²) in [6, 6.07) is 11.3. The molecule has 1 fully saturated rings. The average molecular weight is 314 g/mol. The third kappa shape index (κ3) is 4.18. The van der Waals surface area contributed by atoms with E-state index in [4.69, 9.17) is 0 Å². The number of hydrogen-bond donors (Lipinski definition) is 2. The number of hydrogen-bond acceptors (Lipinski definition) is 3. The van der Waals surface area contributed by atoms with Crippen LogP contribution >= 0.6 is 11.3 Å². The maximum absolute atomic E-state index is 12.0. The van der Waals surface area contributed by atoms with E-state index in [9.17, 15) is 9.59 Å². The predicted molar refractivity (Wildman–Crippen MR) is 89.1 cm³/mol. The minimum atomic E-state index is -0.0148. The summed E-state index contributed by atoms with van der Waals surface area (Å²) >= 11 is 1.66. The first-order valence-electron chi connectivity index (χ1n) is 7.44. The number of carbonyl (C=O) groups excluding carboxylic acids is 2. The molecule has 5 heteroatoms. The Morgan fingerprint density at radius 1 is 1.09 bits per heavy atom. The molecule has 22 heavy (non-hydrogen) atoms. The average Bonchev–Trinajstić information content (AvgIpc) is 3.23. The van der Waals surface area contributed by atoms with E-state index in [0.717, 1.165) is 24.9 Å². The van der Waals surface area contributed by atoms with Gasteiger partial charge in [-0.2, -0.15) is 0 Å². The van der Waals surface area contributed by atoms with Gasteiger partial charge in [-0.05, 0) is 48.9 Å². The molecule has 2 amide bonds. The van der Waals surface area contributed by atoms with Gasteiger partial charge in [0.25, 0.3) is 0 Å². The van der Waals surface area contributed by atoms with Gasteiger partial charge >= 0.3 is 0 Å². The highest BCUT2D eigenvalue weighted by Gasteiger charge is 2.29. The quantitative estimate of drug-likeness (QED) is 0.854. The molecule has 2 N–H and O–H groups in total. The minimum absolute atomic E-state index is 0.0148. The molecule has 0 spiro atoms. The van der Waals surface area contributed by atoms with E-state index < -0.39 is 0 Å². The van der Waals surface area contributed by atoms with Crippen LogP contribution in [0.4, 0.5) is 11.4 Å². The molecule has 1 heterocycles. The van der Waals surface area contributed by atoms with Gasteiger partial charge in [-0.3, -0.25) is 9.59 Å². The lowest BCUT2D eigenvalue weighted by Gasteiger charge is -2.08. The fourth-order valence-corrected chi connectivity index (χ4v) is 2.89. The highest BCUT2D eigenvalue weighted by molar-refractivity contribution is 7.09. The van der Waals surface area contributed by atoms with Crippen LogP contribution in [-0.2, 0) is 16.0 Å². The van der Waals surface area contributed by atoms with Crippen LogP contribution in [0.2, 0.25) is 0 Å². The van der Waals surface area contributed by atoms with Crippen LogP contribution < -0.4 is 10.6 Å². The Morgan fingerprint density at radius 2 is 1.86 bits per heavy atom. The molecule has 1 aliphatic carbocycles. The zero-order chi connectivity index (χ0) is 15.4. The number of anilines is 2. The molecule has 2 aromatic rings. The normalized spacial score (nSPS) is 13.6. The van der Waals surface area contributed by atoms with Gasteiger partial charge < -0.3 is 10.6 Å². The van der Waals surface area contributed by atoms with Gasteiger partial charge in [0.2, 0.25) is 11.8 Å². The molecular formula is C17H18N2O2S. The van der Waals surface area contributed by atoms with E-state index in [0.29, 0.717) is 12.1 Å². The third-order valence-corrected chi connectivity index (χ3v) is 4.48. The molecule has 1 saturated carbocycles. The van der Waals surface area contributed by atoms with Crippen molar-refractivity contribution < 1.29 is 9.59 Å². The molecule has 0 atom stereocenters. The van der Waals surface area contributed by atoms with E-state index in [1.54, 1.807) is 17.4 Å². The second kappa shape index (κ2) is 6.75. The largest absolute Gasteiger partial charge is 0.326 e. The molecule has 4 nitrogen and oxygen atoms in total. The Kier molecular flexibility index (Phi) is 4.53. The fourth-order valence-electron chi connectivity index (χ4n) is 2.18. The summed E-state index contributed by atoms with van der Waals surface area (Å²) in [5.74, 6) is 0.226. The minimum Gasteiger partial charge on any atom is -0.326 e. The maximum atomic E-state index is 12.0. The molecule has 3 rings (SSSR count). The molecule has 1 aromatic carbocycles. The number of thiophene rings is 1. The summed E-state index contributed by atoms with van der Waals surface area (Å²) in [6.45, 7) is 0. The lowest BCUT2D eigenvalue weighted by Crippen LogP contribution is -2.14. The number of nitrogens with one attached hydrogen (secondary N) is 2. The van der Waals surface area contributed by atoms with Gasteiger partial charge in [-0.25, -0.2) is 0 Å². The fraction of sp³-hybridized carbons (Fsp3) is 0.294. The van der Waals surface area contributed by atoms with Crippen molar-refractivity contribution in [1.82, 2.24) is 0 Å². The van der Waals surface area contributed by atoms with Crippen LogP contribution in [0.15, 0.2) is 41.8 Å². The van der Waals surface area contributed by atoms with Crippen molar-refractivity contribution in [2.75, 3.05) is 10.6 Å². The van der Waals surface area contributed by atoms with Gasteiger partial charge in [-0.1, -0.05) is 12.1 Å². The van der Waals surface area contributed by atoms with Crippen molar-refractivity contribution in [3.8, 4) is 0 Å². The molecular weight excluding hydrogens is 296 g/mol. The van der Waals surface area contributed by atoms with Crippen molar-refractivity contribution in [2.24, 2.45) is 5.92 Å². The smallest absolute Gasteiger partial charge is 0.227 e. The van der Waals surface area contributed by atoms with Crippen molar-refractivity contribution in [3.05, 3.63) is 46.7 Å².